The molecule has 6 heteroatoms. The Kier molecular flexibility index (Phi) is 7.02. The van der Waals surface area contributed by atoms with Gasteiger partial charge in [-0.1, -0.05) is 43.2 Å². The summed E-state index contributed by atoms with van der Waals surface area (Å²) in [5.74, 6) is -1.69. The van der Waals surface area contributed by atoms with Gasteiger partial charge in [-0.3, -0.25) is 14.5 Å². The molecule has 1 saturated heterocycles. The minimum absolute atomic E-state index is 0.113. The Labute approximate surface area is 183 Å². The molecule has 0 radical (unpaired) electrons. The maximum atomic E-state index is 12.7. The third-order valence-electron chi connectivity index (χ3n) is 6.71. The number of carbonyl (C=O) groups excluding carboxylic acids is 2. The number of fused-ring (bicyclic) bond motifs is 1. The first-order valence-electron chi connectivity index (χ1n) is 10.9. The molecule has 3 rings (SSSR count). The zero-order chi connectivity index (χ0) is 22.9. The molecule has 1 aromatic carbocycles. The number of hydrogen-bond donors (Lipinski definition) is 3. The van der Waals surface area contributed by atoms with Gasteiger partial charge in [0.2, 0.25) is 11.8 Å². The van der Waals surface area contributed by atoms with E-state index in [0.717, 1.165) is 22.3 Å². The van der Waals surface area contributed by atoms with Crippen LogP contribution in [0.2, 0.25) is 0 Å². The van der Waals surface area contributed by atoms with E-state index in [0.29, 0.717) is 19.3 Å². The van der Waals surface area contributed by atoms with Gasteiger partial charge in [-0.2, -0.15) is 0 Å². The first-order chi connectivity index (χ1) is 14.6. The number of hydrogen-bond acceptors (Lipinski definition) is 5. The first kappa shape index (κ1) is 23.2. The Hall–Kier alpha value is -2.44. The number of rotatable bonds is 7. The molecule has 0 bridgehead atoms. The van der Waals surface area contributed by atoms with E-state index in [1.165, 1.54) is 11.9 Å². The van der Waals surface area contributed by atoms with Gasteiger partial charge in [0, 0.05) is 13.0 Å². The van der Waals surface area contributed by atoms with Gasteiger partial charge in [-0.25, -0.2) is 0 Å². The molecule has 31 heavy (non-hydrogen) atoms. The number of aliphatic hydroxyl groups excluding tert-OH is 2. The Morgan fingerprint density at radius 1 is 1.19 bits per heavy atom. The van der Waals surface area contributed by atoms with Crippen LogP contribution in [-0.4, -0.2) is 51.8 Å². The number of aromatic hydroxyl groups is 1. The van der Waals surface area contributed by atoms with E-state index in [4.69, 9.17) is 0 Å². The molecule has 6 nitrogen and oxygen atoms in total. The molecule has 1 aromatic rings. The van der Waals surface area contributed by atoms with Crippen LogP contribution >= 0.6 is 0 Å². The minimum atomic E-state index is -0.785. The van der Waals surface area contributed by atoms with Gasteiger partial charge in [-0.15, -0.1) is 0 Å². The number of phenols is 1. The third-order valence-corrected chi connectivity index (χ3v) is 6.71. The highest BCUT2D eigenvalue weighted by Crippen LogP contribution is 2.47. The van der Waals surface area contributed by atoms with Crippen molar-refractivity contribution in [2.75, 3.05) is 13.7 Å². The van der Waals surface area contributed by atoms with Crippen molar-refractivity contribution in [3.63, 3.8) is 0 Å². The van der Waals surface area contributed by atoms with E-state index in [1.54, 1.807) is 12.1 Å². The summed E-state index contributed by atoms with van der Waals surface area (Å²) >= 11 is 0. The van der Waals surface area contributed by atoms with Crippen LogP contribution in [0.15, 0.2) is 41.0 Å². The summed E-state index contributed by atoms with van der Waals surface area (Å²) in [4.78, 5) is 26.5. The second-order valence-corrected chi connectivity index (χ2v) is 9.13. The smallest absolute Gasteiger partial charge is 0.233 e. The lowest BCUT2D eigenvalue weighted by molar-refractivity contribution is -0.138. The van der Waals surface area contributed by atoms with E-state index in [-0.39, 0.29) is 30.1 Å². The van der Waals surface area contributed by atoms with Crippen LogP contribution in [0.4, 0.5) is 0 Å². The van der Waals surface area contributed by atoms with Crippen LogP contribution in [0.5, 0.6) is 5.75 Å². The van der Waals surface area contributed by atoms with E-state index < -0.39 is 23.9 Å². The average Bonchev–Trinajstić information content (AvgIpc) is 2.96. The third kappa shape index (κ3) is 4.60. The van der Waals surface area contributed by atoms with Gasteiger partial charge in [0.25, 0.3) is 0 Å². The second-order valence-electron chi connectivity index (χ2n) is 9.13. The number of benzene rings is 1. The molecule has 3 N–H and O–H groups in total. The van der Waals surface area contributed by atoms with E-state index >= 15 is 0 Å². The number of aliphatic hydroxyl groups is 2. The topological polar surface area (TPSA) is 98.1 Å². The van der Waals surface area contributed by atoms with Crippen molar-refractivity contribution in [1.29, 1.82) is 0 Å². The highest BCUT2D eigenvalue weighted by Gasteiger charge is 2.53. The maximum absolute atomic E-state index is 12.7. The molecule has 1 fully saturated rings. The number of phenolic OH excluding ortho intramolecular Hbond substituents is 1. The van der Waals surface area contributed by atoms with Gasteiger partial charge >= 0.3 is 0 Å². The molecule has 1 aliphatic carbocycles. The molecular weight excluding hydrogens is 394 g/mol. The summed E-state index contributed by atoms with van der Waals surface area (Å²) in [6.45, 7) is 5.78. The zero-order valence-electron chi connectivity index (χ0n) is 18.7. The first-order valence-corrected chi connectivity index (χ1v) is 10.9. The summed E-state index contributed by atoms with van der Waals surface area (Å²) in [7, 11) is 1.50. The lowest BCUT2D eigenvalue weighted by Gasteiger charge is -2.38. The lowest BCUT2D eigenvalue weighted by Crippen LogP contribution is -2.39. The van der Waals surface area contributed by atoms with Crippen molar-refractivity contribution in [2.24, 2.45) is 23.7 Å². The molecule has 168 valence electrons. The Balaban J connectivity index is 1.83. The zero-order valence-corrected chi connectivity index (χ0v) is 18.7. The number of allylic oxidation sites excluding steroid dienone is 2. The van der Waals surface area contributed by atoms with E-state index in [9.17, 15) is 24.9 Å². The summed E-state index contributed by atoms with van der Waals surface area (Å²) in [6.07, 6.45) is 2.81. The Morgan fingerprint density at radius 2 is 1.84 bits per heavy atom. The number of imide groups is 1. The molecule has 0 aromatic heterocycles. The molecule has 0 spiro atoms. The van der Waals surface area contributed by atoms with Gasteiger partial charge in [0.1, 0.15) is 5.75 Å². The van der Waals surface area contributed by atoms with Gasteiger partial charge < -0.3 is 15.3 Å². The van der Waals surface area contributed by atoms with Crippen LogP contribution in [-0.2, 0) is 9.59 Å². The average molecular weight is 428 g/mol. The Morgan fingerprint density at radius 3 is 2.42 bits per heavy atom. The molecule has 0 unspecified atom stereocenters. The van der Waals surface area contributed by atoms with Gasteiger partial charge in [-0.05, 0) is 55.4 Å². The number of nitrogens with zero attached hydrogens (tertiary/aromatic N) is 1. The summed E-state index contributed by atoms with van der Waals surface area (Å²) in [5.41, 5.74) is 3.79. The summed E-state index contributed by atoms with van der Waals surface area (Å²) in [6, 6.07) is 6.93. The fourth-order valence-electron chi connectivity index (χ4n) is 5.05. The van der Waals surface area contributed by atoms with Crippen molar-refractivity contribution in [3.05, 3.63) is 46.5 Å². The fourth-order valence-corrected chi connectivity index (χ4v) is 5.05. The standard InChI is InChI=1S/C25H33NO5/c1-14(2)18-12-19-23(25(31)26(4)24(19)30)20(13-27)22(18)21(29)10-5-15(3)11-16-6-8-17(28)9-7-16/h6-9,11,14,19-21,23,27-29H,5,10,12-13H2,1-4H3/b15-11+/t19-,20+,21-,23-/m1/s1. The van der Waals surface area contributed by atoms with Crippen molar-refractivity contribution >= 4 is 17.9 Å². The molecule has 1 aliphatic heterocycles. The predicted octanol–water partition coefficient (Wildman–Crippen LogP) is 3.13. The van der Waals surface area contributed by atoms with Crippen LogP contribution in [0, 0.1) is 23.7 Å². The number of likely N-dealkylation sites (tertiary alicyclic amines) is 1. The van der Waals surface area contributed by atoms with Crippen LogP contribution in [0.25, 0.3) is 6.08 Å². The van der Waals surface area contributed by atoms with Crippen molar-refractivity contribution < 1.29 is 24.9 Å². The Bertz CT molecular complexity index is 899. The molecule has 4 atom stereocenters. The van der Waals surface area contributed by atoms with E-state index in [1.807, 2.05) is 39.0 Å². The van der Waals surface area contributed by atoms with Gasteiger partial charge in [0.15, 0.2) is 0 Å². The van der Waals surface area contributed by atoms with Crippen LogP contribution in [0.3, 0.4) is 0 Å². The molecule has 0 saturated carbocycles. The van der Waals surface area contributed by atoms with Gasteiger partial charge in [0.05, 0.1) is 24.5 Å². The predicted molar refractivity (Wildman–Crippen MR) is 119 cm³/mol. The quantitative estimate of drug-likeness (QED) is 0.459. The fraction of sp³-hybridized carbons (Fsp3) is 0.520. The monoisotopic (exact) mass is 427 g/mol. The molecule has 2 amide bonds. The number of amides is 2. The maximum Gasteiger partial charge on any atom is 0.233 e. The van der Waals surface area contributed by atoms with Crippen molar-refractivity contribution in [1.82, 2.24) is 4.90 Å². The highest BCUT2D eigenvalue weighted by molar-refractivity contribution is 6.05. The summed E-state index contributed by atoms with van der Waals surface area (Å²) in [5, 5.41) is 30.7. The lowest BCUT2D eigenvalue weighted by atomic mass is 9.66. The number of carbonyl (C=O) groups is 2. The SMILES string of the molecule is C/C(=C\c1ccc(O)cc1)CC[C@@H](O)C1=C(C(C)C)C[C@H]2C(=O)N(C)C(=O)[C@H]2[C@H]1CO. The molecule has 2 aliphatic rings. The molecule has 1 heterocycles. The van der Waals surface area contributed by atoms with Crippen LogP contribution < -0.4 is 0 Å². The normalized spacial score (nSPS) is 25.5. The highest BCUT2D eigenvalue weighted by atomic mass is 16.3. The molecular formula is C25H33NO5. The van der Waals surface area contributed by atoms with E-state index in [2.05, 4.69) is 0 Å². The summed E-state index contributed by atoms with van der Waals surface area (Å²) < 4.78 is 0. The van der Waals surface area contributed by atoms with Crippen molar-refractivity contribution in [2.45, 2.75) is 46.1 Å². The van der Waals surface area contributed by atoms with Crippen LogP contribution in [0.1, 0.15) is 45.6 Å². The largest absolute Gasteiger partial charge is 0.508 e. The minimum Gasteiger partial charge on any atom is -0.508 e. The second kappa shape index (κ2) is 9.37. The van der Waals surface area contributed by atoms with Crippen molar-refractivity contribution in [3.8, 4) is 5.75 Å².